The molecule has 0 aromatic heterocycles. The summed E-state index contributed by atoms with van der Waals surface area (Å²) in [5, 5.41) is 17.4. The first-order valence-corrected chi connectivity index (χ1v) is 3.23. The van der Waals surface area contributed by atoms with Crippen molar-refractivity contribution < 1.29 is 14.4 Å². The van der Waals surface area contributed by atoms with Gasteiger partial charge in [0, 0.05) is 0 Å². The van der Waals surface area contributed by atoms with E-state index in [-0.39, 0.29) is 5.46 Å². The summed E-state index contributed by atoms with van der Waals surface area (Å²) < 4.78 is 12.5. The third kappa shape index (κ3) is 1.79. The lowest BCUT2D eigenvalue weighted by molar-refractivity contribution is 0.425. The second-order valence-corrected chi connectivity index (χ2v) is 2.37. The molecule has 0 unspecified atom stereocenters. The molecule has 0 saturated carbocycles. The number of rotatable bonds is 1. The summed E-state index contributed by atoms with van der Waals surface area (Å²) in [6, 6.07) is 3.89. The number of halogens is 1. The molecule has 2 N–H and O–H groups in total. The Bertz CT molecular complexity index is 263. The molecule has 0 bridgehead atoms. The highest BCUT2D eigenvalue weighted by Crippen LogP contribution is 1.98. The first kappa shape index (κ1) is 8.23. The van der Waals surface area contributed by atoms with Crippen LogP contribution in [0.15, 0.2) is 18.2 Å². The lowest BCUT2D eigenvalue weighted by Gasteiger charge is -2.02. The van der Waals surface area contributed by atoms with Crippen molar-refractivity contribution in [3.63, 3.8) is 0 Å². The van der Waals surface area contributed by atoms with Gasteiger partial charge in [-0.3, -0.25) is 0 Å². The van der Waals surface area contributed by atoms with Crippen molar-refractivity contribution in [1.29, 1.82) is 0 Å². The molecule has 0 amide bonds. The normalized spacial score (nSPS) is 9.82. The SMILES string of the molecule is Cc1ccc(F)cc1B(O)O. The molecule has 0 aliphatic heterocycles. The van der Waals surface area contributed by atoms with Crippen molar-refractivity contribution in [2.75, 3.05) is 0 Å². The van der Waals surface area contributed by atoms with E-state index in [2.05, 4.69) is 0 Å². The minimum Gasteiger partial charge on any atom is -0.423 e. The van der Waals surface area contributed by atoms with E-state index in [0.29, 0.717) is 5.56 Å². The number of aryl methyl sites for hydroxylation is 1. The van der Waals surface area contributed by atoms with Gasteiger partial charge in [0.2, 0.25) is 0 Å². The Kier molecular flexibility index (Phi) is 2.26. The van der Waals surface area contributed by atoms with E-state index in [9.17, 15) is 4.39 Å². The van der Waals surface area contributed by atoms with Crippen LogP contribution in [0.4, 0.5) is 4.39 Å². The Morgan fingerprint density at radius 1 is 1.36 bits per heavy atom. The van der Waals surface area contributed by atoms with Crippen LogP contribution < -0.4 is 5.46 Å². The van der Waals surface area contributed by atoms with Crippen LogP contribution in [0.25, 0.3) is 0 Å². The third-order valence-electron chi connectivity index (χ3n) is 1.52. The van der Waals surface area contributed by atoms with Crippen LogP contribution in [-0.4, -0.2) is 17.2 Å². The molecule has 0 atom stereocenters. The lowest BCUT2D eigenvalue weighted by Crippen LogP contribution is -2.32. The number of hydrogen-bond donors (Lipinski definition) is 2. The van der Waals surface area contributed by atoms with Crippen molar-refractivity contribution >= 4 is 12.6 Å². The predicted molar refractivity (Wildman–Crippen MR) is 41.0 cm³/mol. The largest absolute Gasteiger partial charge is 0.488 e. The van der Waals surface area contributed by atoms with E-state index in [1.165, 1.54) is 12.1 Å². The first-order valence-electron chi connectivity index (χ1n) is 3.23. The molecule has 0 radical (unpaired) electrons. The minimum absolute atomic E-state index is 0.213. The number of benzene rings is 1. The van der Waals surface area contributed by atoms with Crippen LogP contribution >= 0.6 is 0 Å². The highest BCUT2D eigenvalue weighted by molar-refractivity contribution is 6.59. The molecule has 2 nitrogen and oxygen atoms in total. The fourth-order valence-corrected chi connectivity index (χ4v) is 0.890. The van der Waals surface area contributed by atoms with Gasteiger partial charge in [-0.05, 0) is 24.5 Å². The quantitative estimate of drug-likeness (QED) is 0.550. The molecule has 0 saturated heterocycles. The summed E-state index contributed by atoms with van der Waals surface area (Å²) in [7, 11) is -1.59. The third-order valence-corrected chi connectivity index (χ3v) is 1.52. The summed E-state index contributed by atoms with van der Waals surface area (Å²) in [4.78, 5) is 0. The van der Waals surface area contributed by atoms with Gasteiger partial charge < -0.3 is 10.0 Å². The van der Waals surface area contributed by atoms with Gasteiger partial charge in [-0.25, -0.2) is 4.39 Å². The van der Waals surface area contributed by atoms with E-state index in [1.807, 2.05) is 0 Å². The van der Waals surface area contributed by atoms with Crippen LogP contribution in [0.3, 0.4) is 0 Å². The Balaban J connectivity index is 3.13. The van der Waals surface area contributed by atoms with Gasteiger partial charge in [-0.2, -0.15) is 0 Å². The highest BCUT2D eigenvalue weighted by atomic mass is 19.1. The Morgan fingerprint density at radius 2 is 2.00 bits per heavy atom. The minimum atomic E-state index is -1.59. The van der Waals surface area contributed by atoms with Gasteiger partial charge in [-0.15, -0.1) is 0 Å². The van der Waals surface area contributed by atoms with E-state index in [1.54, 1.807) is 6.92 Å². The zero-order chi connectivity index (χ0) is 8.43. The molecule has 1 aromatic carbocycles. The molecular formula is C7H8BFO2. The van der Waals surface area contributed by atoms with Crippen LogP contribution in [-0.2, 0) is 0 Å². The Morgan fingerprint density at radius 3 is 2.45 bits per heavy atom. The maximum Gasteiger partial charge on any atom is 0.488 e. The van der Waals surface area contributed by atoms with Crippen LogP contribution in [0, 0.1) is 12.7 Å². The molecule has 11 heavy (non-hydrogen) atoms. The predicted octanol–water partition coefficient (Wildman–Crippen LogP) is -0.186. The Labute approximate surface area is 64.4 Å². The van der Waals surface area contributed by atoms with E-state index < -0.39 is 12.9 Å². The average Bonchev–Trinajstić information content (AvgIpc) is 1.94. The molecule has 0 spiro atoms. The fourth-order valence-electron chi connectivity index (χ4n) is 0.890. The number of hydrogen-bond acceptors (Lipinski definition) is 2. The average molecular weight is 154 g/mol. The van der Waals surface area contributed by atoms with Gasteiger partial charge in [0.05, 0.1) is 0 Å². The van der Waals surface area contributed by atoms with Gasteiger partial charge in [0.1, 0.15) is 5.82 Å². The molecule has 4 heteroatoms. The van der Waals surface area contributed by atoms with E-state index in [4.69, 9.17) is 10.0 Å². The second kappa shape index (κ2) is 3.03. The van der Waals surface area contributed by atoms with Crippen LogP contribution in [0.1, 0.15) is 5.56 Å². The highest BCUT2D eigenvalue weighted by Gasteiger charge is 2.13. The van der Waals surface area contributed by atoms with Crippen LogP contribution in [0.5, 0.6) is 0 Å². The van der Waals surface area contributed by atoms with Crippen molar-refractivity contribution in [3.05, 3.63) is 29.6 Å². The first-order chi connectivity index (χ1) is 5.11. The molecular weight excluding hydrogens is 146 g/mol. The summed E-state index contributed by atoms with van der Waals surface area (Å²) in [6.07, 6.45) is 0. The molecule has 0 aliphatic carbocycles. The van der Waals surface area contributed by atoms with Gasteiger partial charge in [0.25, 0.3) is 0 Å². The smallest absolute Gasteiger partial charge is 0.423 e. The van der Waals surface area contributed by atoms with Crippen molar-refractivity contribution in [1.82, 2.24) is 0 Å². The fraction of sp³-hybridized carbons (Fsp3) is 0.143. The molecule has 1 rings (SSSR count). The van der Waals surface area contributed by atoms with Crippen molar-refractivity contribution in [2.45, 2.75) is 6.92 Å². The Hall–Kier alpha value is -0.865. The zero-order valence-corrected chi connectivity index (χ0v) is 6.08. The maximum absolute atomic E-state index is 12.5. The van der Waals surface area contributed by atoms with Gasteiger partial charge in [-0.1, -0.05) is 11.6 Å². The monoisotopic (exact) mass is 154 g/mol. The van der Waals surface area contributed by atoms with E-state index >= 15 is 0 Å². The standard InChI is InChI=1S/C7H8BFO2/c1-5-2-3-6(9)4-7(5)8(10)11/h2-4,10-11H,1H3. The summed E-state index contributed by atoms with van der Waals surface area (Å²) in [6.45, 7) is 1.69. The topological polar surface area (TPSA) is 40.5 Å². The molecule has 1 aromatic rings. The zero-order valence-electron chi connectivity index (χ0n) is 6.08. The molecule has 0 heterocycles. The lowest BCUT2D eigenvalue weighted by atomic mass is 9.77. The van der Waals surface area contributed by atoms with Crippen LogP contribution in [0.2, 0.25) is 0 Å². The summed E-state index contributed by atoms with van der Waals surface area (Å²) in [5.74, 6) is -0.460. The van der Waals surface area contributed by atoms with Gasteiger partial charge in [0.15, 0.2) is 0 Å². The summed E-state index contributed by atoms with van der Waals surface area (Å²) >= 11 is 0. The summed E-state index contributed by atoms with van der Waals surface area (Å²) in [5.41, 5.74) is 0.881. The molecule has 0 aliphatic rings. The van der Waals surface area contributed by atoms with E-state index in [0.717, 1.165) is 6.07 Å². The maximum atomic E-state index is 12.5. The van der Waals surface area contributed by atoms with Crippen molar-refractivity contribution in [2.24, 2.45) is 0 Å². The second-order valence-electron chi connectivity index (χ2n) is 2.37. The molecule has 0 fully saturated rings. The van der Waals surface area contributed by atoms with Crippen molar-refractivity contribution in [3.8, 4) is 0 Å². The van der Waals surface area contributed by atoms with Gasteiger partial charge >= 0.3 is 7.12 Å². The molecule has 58 valence electrons.